The molecule has 1 rings (SSSR count). The van der Waals surface area contributed by atoms with Crippen LogP contribution in [0.2, 0.25) is 0 Å². The Hall–Kier alpha value is -1.26. The van der Waals surface area contributed by atoms with Crippen molar-refractivity contribution in [3.8, 4) is 0 Å². The topological polar surface area (TPSA) is 69.6 Å². The van der Waals surface area contributed by atoms with Crippen LogP contribution in [-0.2, 0) is 4.79 Å². The Morgan fingerprint density at radius 2 is 2.00 bits per heavy atom. The summed E-state index contributed by atoms with van der Waals surface area (Å²) in [6, 6.07) is -0.107. The van der Waals surface area contributed by atoms with Crippen molar-refractivity contribution in [1.82, 2.24) is 10.2 Å². The first-order valence-corrected chi connectivity index (χ1v) is 7.41. The Balaban J connectivity index is 2.72. The maximum absolute atomic E-state index is 12.3. The van der Waals surface area contributed by atoms with E-state index in [1.165, 1.54) is 0 Å². The summed E-state index contributed by atoms with van der Waals surface area (Å²) in [5, 5.41) is 12.4. The van der Waals surface area contributed by atoms with Crippen molar-refractivity contribution in [3.05, 3.63) is 0 Å². The van der Waals surface area contributed by atoms with Crippen molar-refractivity contribution in [2.45, 2.75) is 59.9 Å². The van der Waals surface area contributed by atoms with Crippen LogP contribution in [0.3, 0.4) is 0 Å². The number of nitrogens with zero attached hydrogens (tertiary/aromatic N) is 1. The lowest BCUT2D eigenvalue weighted by Crippen LogP contribution is -2.55. The number of carboxylic acid groups (broad SMARTS) is 1. The van der Waals surface area contributed by atoms with Crippen LogP contribution in [0.15, 0.2) is 0 Å². The van der Waals surface area contributed by atoms with E-state index in [4.69, 9.17) is 0 Å². The molecule has 0 aromatic heterocycles. The monoisotopic (exact) mass is 284 g/mol. The van der Waals surface area contributed by atoms with Crippen LogP contribution in [-0.4, -0.2) is 41.1 Å². The first kappa shape index (κ1) is 16.8. The second-order valence-electron chi connectivity index (χ2n) is 7.00. The van der Waals surface area contributed by atoms with Gasteiger partial charge in [0.1, 0.15) is 0 Å². The van der Waals surface area contributed by atoms with E-state index >= 15 is 0 Å². The number of carboxylic acids is 1. The van der Waals surface area contributed by atoms with Crippen LogP contribution in [0.5, 0.6) is 0 Å². The van der Waals surface area contributed by atoms with Crippen molar-refractivity contribution in [3.63, 3.8) is 0 Å². The zero-order chi connectivity index (χ0) is 15.6. The van der Waals surface area contributed by atoms with Gasteiger partial charge in [-0.15, -0.1) is 0 Å². The molecule has 0 saturated carbocycles. The molecule has 2 atom stereocenters. The summed E-state index contributed by atoms with van der Waals surface area (Å²) in [6.45, 7) is 11.0. The highest BCUT2D eigenvalue weighted by Gasteiger charge is 2.42. The van der Waals surface area contributed by atoms with Crippen molar-refractivity contribution in [2.24, 2.45) is 10.8 Å². The number of rotatable bonds is 3. The van der Waals surface area contributed by atoms with E-state index in [0.717, 1.165) is 6.42 Å². The van der Waals surface area contributed by atoms with Gasteiger partial charge in [0, 0.05) is 19.1 Å². The fraction of sp³-hybridized carbons (Fsp3) is 0.867. The fourth-order valence-corrected chi connectivity index (χ4v) is 2.41. The van der Waals surface area contributed by atoms with E-state index in [1.807, 2.05) is 13.8 Å². The third-order valence-electron chi connectivity index (χ3n) is 4.63. The summed E-state index contributed by atoms with van der Waals surface area (Å²) in [5.74, 6) is -0.790. The Morgan fingerprint density at radius 1 is 1.40 bits per heavy atom. The molecular formula is C15H28N2O3. The molecule has 2 amide bonds. The number of piperidine rings is 1. The van der Waals surface area contributed by atoms with E-state index < -0.39 is 11.4 Å². The first-order chi connectivity index (χ1) is 9.12. The molecule has 1 saturated heterocycles. The van der Waals surface area contributed by atoms with Crippen LogP contribution in [0.1, 0.15) is 53.9 Å². The summed E-state index contributed by atoms with van der Waals surface area (Å²) in [6.07, 6.45) is 1.95. The molecule has 5 nitrogen and oxygen atoms in total. The Kier molecular flexibility index (Phi) is 5.05. The number of hydrogen-bond acceptors (Lipinski definition) is 2. The van der Waals surface area contributed by atoms with Gasteiger partial charge in [-0.2, -0.15) is 0 Å². The normalized spacial score (nSPS) is 25.1. The quantitative estimate of drug-likeness (QED) is 0.837. The van der Waals surface area contributed by atoms with Crippen LogP contribution in [0, 0.1) is 10.8 Å². The summed E-state index contributed by atoms with van der Waals surface area (Å²) in [5.41, 5.74) is -0.791. The molecule has 0 aromatic carbocycles. The highest BCUT2D eigenvalue weighted by Crippen LogP contribution is 2.33. The highest BCUT2D eigenvalue weighted by atomic mass is 16.4. The summed E-state index contributed by atoms with van der Waals surface area (Å²) in [7, 11) is 0. The molecule has 0 spiro atoms. The standard InChI is InChI=1S/C15H28N2O3/c1-6-15(12(18)19)8-7-9-17(10-15)13(20)16-11(2)14(3,4)5/h11H,6-10H2,1-5H3,(H,16,20)(H,18,19). The molecule has 0 radical (unpaired) electrons. The lowest BCUT2D eigenvalue weighted by molar-refractivity contribution is -0.152. The minimum atomic E-state index is -0.790. The molecule has 5 heteroatoms. The predicted molar refractivity (Wildman–Crippen MR) is 78.6 cm³/mol. The average Bonchev–Trinajstić information content (AvgIpc) is 2.37. The summed E-state index contributed by atoms with van der Waals surface area (Å²) < 4.78 is 0. The number of carbonyl (C=O) groups is 2. The fourth-order valence-electron chi connectivity index (χ4n) is 2.41. The third-order valence-corrected chi connectivity index (χ3v) is 4.63. The number of likely N-dealkylation sites (tertiary alicyclic amines) is 1. The predicted octanol–water partition coefficient (Wildman–Crippen LogP) is 2.71. The number of carbonyl (C=O) groups excluding carboxylic acids is 1. The maximum atomic E-state index is 12.3. The molecular weight excluding hydrogens is 256 g/mol. The lowest BCUT2D eigenvalue weighted by atomic mass is 9.78. The molecule has 1 aliphatic rings. The number of urea groups is 1. The van der Waals surface area contributed by atoms with Crippen LogP contribution in [0.4, 0.5) is 4.79 Å². The van der Waals surface area contributed by atoms with Crippen molar-refractivity contribution < 1.29 is 14.7 Å². The summed E-state index contributed by atoms with van der Waals surface area (Å²) in [4.78, 5) is 25.5. The highest BCUT2D eigenvalue weighted by molar-refractivity contribution is 5.79. The van der Waals surface area contributed by atoms with Crippen molar-refractivity contribution >= 4 is 12.0 Å². The molecule has 2 N–H and O–H groups in total. The zero-order valence-electron chi connectivity index (χ0n) is 13.3. The van der Waals surface area contributed by atoms with Crippen LogP contribution in [0.25, 0.3) is 0 Å². The third kappa shape index (κ3) is 3.64. The van der Waals surface area contributed by atoms with Gasteiger partial charge < -0.3 is 15.3 Å². The van der Waals surface area contributed by atoms with Gasteiger partial charge in [0.05, 0.1) is 5.41 Å². The van der Waals surface area contributed by atoms with Crippen molar-refractivity contribution in [2.75, 3.05) is 13.1 Å². The molecule has 1 fully saturated rings. The van der Waals surface area contributed by atoms with E-state index in [9.17, 15) is 14.7 Å². The second kappa shape index (κ2) is 6.02. The molecule has 116 valence electrons. The van der Waals surface area contributed by atoms with Gasteiger partial charge in [-0.05, 0) is 31.6 Å². The van der Waals surface area contributed by atoms with Gasteiger partial charge in [-0.25, -0.2) is 4.79 Å². The lowest BCUT2D eigenvalue weighted by Gasteiger charge is -2.40. The van der Waals surface area contributed by atoms with E-state index in [-0.39, 0.29) is 17.5 Å². The van der Waals surface area contributed by atoms with Gasteiger partial charge in [-0.3, -0.25) is 4.79 Å². The Morgan fingerprint density at radius 3 is 2.45 bits per heavy atom. The molecule has 20 heavy (non-hydrogen) atoms. The number of hydrogen-bond donors (Lipinski definition) is 2. The Bertz CT molecular complexity index is 376. The van der Waals surface area contributed by atoms with Gasteiger partial charge in [0.25, 0.3) is 0 Å². The van der Waals surface area contributed by atoms with Gasteiger partial charge in [0.15, 0.2) is 0 Å². The smallest absolute Gasteiger partial charge is 0.317 e. The first-order valence-electron chi connectivity index (χ1n) is 7.41. The molecule has 0 aromatic rings. The number of amides is 2. The van der Waals surface area contributed by atoms with E-state index in [2.05, 4.69) is 26.1 Å². The van der Waals surface area contributed by atoms with Crippen molar-refractivity contribution in [1.29, 1.82) is 0 Å². The largest absolute Gasteiger partial charge is 0.481 e. The maximum Gasteiger partial charge on any atom is 0.317 e. The second-order valence-corrected chi connectivity index (χ2v) is 7.00. The number of aliphatic carboxylic acids is 1. The molecule has 1 aliphatic heterocycles. The molecule has 0 bridgehead atoms. The van der Waals surface area contributed by atoms with Gasteiger partial charge >= 0.3 is 12.0 Å². The Labute approximate surface area is 121 Å². The molecule has 2 unspecified atom stereocenters. The van der Waals surface area contributed by atoms with Gasteiger partial charge in [0.2, 0.25) is 0 Å². The molecule has 1 heterocycles. The van der Waals surface area contributed by atoms with Crippen LogP contribution >= 0.6 is 0 Å². The van der Waals surface area contributed by atoms with E-state index in [0.29, 0.717) is 25.9 Å². The molecule has 0 aliphatic carbocycles. The van der Waals surface area contributed by atoms with Gasteiger partial charge in [-0.1, -0.05) is 27.7 Å². The number of nitrogens with one attached hydrogen (secondary N) is 1. The summed E-state index contributed by atoms with van der Waals surface area (Å²) >= 11 is 0. The zero-order valence-corrected chi connectivity index (χ0v) is 13.3. The van der Waals surface area contributed by atoms with Crippen LogP contribution < -0.4 is 5.32 Å². The minimum Gasteiger partial charge on any atom is -0.481 e. The average molecular weight is 284 g/mol. The minimum absolute atomic E-state index is 0.0138. The van der Waals surface area contributed by atoms with E-state index in [1.54, 1.807) is 4.90 Å². The SMILES string of the molecule is CCC1(C(=O)O)CCCN(C(=O)NC(C)C(C)(C)C)C1.